The highest BCUT2D eigenvalue weighted by molar-refractivity contribution is 7.45. The Bertz CT molecular complexity index is 1900. The van der Waals surface area contributed by atoms with Gasteiger partial charge in [-0.2, -0.15) is 0 Å². The van der Waals surface area contributed by atoms with Crippen molar-refractivity contribution in [2.24, 2.45) is 0 Å². The van der Waals surface area contributed by atoms with E-state index in [1.165, 1.54) is 23.0 Å². The smallest absolute Gasteiger partial charge is 0.259 e. The average Bonchev–Trinajstić information content (AvgIpc) is 3.95. The Morgan fingerprint density at radius 1 is 0.980 bits per heavy atom. The van der Waals surface area contributed by atoms with Crippen LogP contribution in [0.15, 0.2) is 104 Å². The molecule has 0 radical (unpaired) electrons. The van der Waals surface area contributed by atoms with E-state index in [4.69, 9.17) is 13.8 Å². The molecule has 10 nitrogen and oxygen atoms in total. The number of carbonyl (C=O) groups is 1. The second kappa shape index (κ2) is 14.0. The van der Waals surface area contributed by atoms with Gasteiger partial charge in [0.25, 0.3) is 14.4 Å². The van der Waals surface area contributed by atoms with Crippen molar-refractivity contribution in [2.45, 2.75) is 75.5 Å². The third kappa shape index (κ3) is 6.08. The number of ether oxygens (including phenoxy) is 1. The Hall–Kier alpha value is -3.90. The molecule has 3 aliphatic rings. The molecule has 50 heavy (non-hydrogen) atoms. The molecule has 1 amide bonds. The zero-order valence-corrected chi connectivity index (χ0v) is 29.9. The summed E-state index contributed by atoms with van der Waals surface area (Å²) >= 11 is 0. The second-order valence-electron chi connectivity index (χ2n) is 13.4. The quantitative estimate of drug-likeness (QED) is 0.137. The number of hydrogen-bond acceptors (Lipinski definition) is 8. The van der Waals surface area contributed by atoms with Gasteiger partial charge in [0.15, 0.2) is 29.4 Å². The number of anilines is 1. The minimum atomic E-state index is -2.19. The van der Waals surface area contributed by atoms with Crippen LogP contribution in [0.2, 0.25) is 12.6 Å². The first kappa shape index (κ1) is 33.3. The molecule has 7 atom stereocenters. The van der Waals surface area contributed by atoms with E-state index in [1.54, 1.807) is 28.8 Å². The van der Waals surface area contributed by atoms with Crippen LogP contribution >= 0.6 is 8.53 Å². The number of amides is 1. The van der Waals surface area contributed by atoms with E-state index in [9.17, 15) is 4.79 Å². The lowest BCUT2D eigenvalue weighted by atomic mass is 10.1. The van der Waals surface area contributed by atoms with Crippen LogP contribution in [0, 0.1) is 0 Å². The summed E-state index contributed by atoms with van der Waals surface area (Å²) in [5.41, 5.74) is 1.19. The minimum Gasteiger partial charge on any atom is -0.349 e. The van der Waals surface area contributed by atoms with Crippen molar-refractivity contribution in [3.05, 3.63) is 109 Å². The van der Waals surface area contributed by atoms with Crippen molar-refractivity contribution < 1.29 is 23.0 Å². The van der Waals surface area contributed by atoms with Crippen molar-refractivity contribution in [2.75, 3.05) is 11.9 Å². The lowest BCUT2D eigenvalue weighted by Crippen LogP contribution is -2.58. The Balaban J connectivity index is 1.02. The predicted molar refractivity (Wildman–Crippen MR) is 194 cm³/mol. The van der Waals surface area contributed by atoms with Crippen LogP contribution in [0.1, 0.15) is 42.8 Å². The Morgan fingerprint density at radius 2 is 1.66 bits per heavy atom. The number of aromatic nitrogens is 4. The third-order valence-electron chi connectivity index (χ3n) is 10.3. The first-order valence-corrected chi connectivity index (χ1v) is 21.1. The van der Waals surface area contributed by atoms with Crippen LogP contribution < -0.4 is 15.7 Å². The van der Waals surface area contributed by atoms with Gasteiger partial charge in [-0.25, -0.2) is 24.0 Å². The monoisotopic (exact) mass is 710 g/mol. The summed E-state index contributed by atoms with van der Waals surface area (Å²) in [5, 5.41) is 5.56. The van der Waals surface area contributed by atoms with E-state index >= 15 is 4.39 Å². The maximum absolute atomic E-state index is 16.7. The molecule has 2 aromatic heterocycles. The molecule has 0 spiro atoms. The number of rotatable bonds is 10. The van der Waals surface area contributed by atoms with E-state index in [0.717, 1.165) is 25.4 Å². The molecule has 8 rings (SSSR count). The molecule has 0 saturated carbocycles. The SMILES string of the molecule is CC[C@H]1O[C@@H](n2cnc3c(NC(=O)c4ccccc4)ncnc32)C(F)[C@H]1O[P@@]1O[C@H](C[Si](C)(c2ccccc2)c2ccccc2)[C@@H]2CCCN21. The van der Waals surface area contributed by atoms with E-state index in [0.29, 0.717) is 23.1 Å². The molecule has 0 aliphatic carbocycles. The van der Waals surface area contributed by atoms with Gasteiger partial charge in [0.2, 0.25) is 0 Å². The van der Waals surface area contributed by atoms with Crippen molar-refractivity contribution in [1.29, 1.82) is 0 Å². The van der Waals surface area contributed by atoms with Gasteiger partial charge >= 0.3 is 0 Å². The van der Waals surface area contributed by atoms with Crippen LogP contribution in [0.5, 0.6) is 0 Å². The maximum atomic E-state index is 16.7. The van der Waals surface area contributed by atoms with E-state index in [2.05, 4.69) is 92.1 Å². The summed E-state index contributed by atoms with van der Waals surface area (Å²) in [4.78, 5) is 26.0. The molecule has 3 aliphatic heterocycles. The van der Waals surface area contributed by atoms with Crippen molar-refractivity contribution in [1.82, 2.24) is 24.2 Å². The number of carbonyl (C=O) groups excluding carboxylic acids is 1. The molecule has 5 aromatic rings. The standard InChI is InChI=1S/C37H40FN6O4PSi/c1-3-29-33(31(38)37(46-29)43-24-41-32-34(39-23-40-35(32)43)42-36(45)25-14-7-4-8-15-25)48-49-44-21-13-20-28(44)30(47-49)22-50(2,26-16-9-5-10-17-26)27-18-11-6-12-19-27/h4-12,14-19,23-24,28-31,33,37H,3,13,20-22H2,1-2H3,(H,39,40,42,45)/t28-,29+,30+,31?,33-,37+,49+/m0/s1. The lowest BCUT2D eigenvalue weighted by molar-refractivity contribution is -0.0224. The first-order valence-electron chi connectivity index (χ1n) is 17.3. The van der Waals surface area contributed by atoms with Crippen LogP contribution in [-0.4, -0.2) is 75.2 Å². The van der Waals surface area contributed by atoms with E-state index in [1.807, 2.05) is 13.0 Å². The van der Waals surface area contributed by atoms with Crippen LogP contribution in [0.4, 0.5) is 10.2 Å². The number of halogens is 1. The number of fused-ring (bicyclic) bond motifs is 2. The minimum absolute atomic E-state index is 0.0178. The fourth-order valence-electron chi connectivity index (χ4n) is 7.66. The summed E-state index contributed by atoms with van der Waals surface area (Å²) < 4.78 is 40.5. The molecule has 13 heteroatoms. The highest BCUT2D eigenvalue weighted by Crippen LogP contribution is 2.59. The van der Waals surface area contributed by atoms with Crippen molar-refractivity contribution in [3.8, 4) is 0 Å². The van der Waals surface area contributed by atoms with Gasteiger partial charge in [0, 0.05) is 18.2 Å². The van der Waals surface area contributed by atoms with Crippen LogP contribution in [-0.2, 0) is 13.8 Å². The highest BCUT2D eigenvalue weighted by atomic mass is 31.2. The predicted octanol–water partition coefficient (Wildman–Crippen LogP) is 6.09. The van der Waals surface area contributed by atoms with Crippen molar-refractivity contribution >= 4 is 49.9 Å². The van der Waals surface area contributed by atoms with Crippen molar-refractivity contribution in [3.63, 3.8) is 0 Å². The molecule has 1 unspecified atom stereocenters. The zero-order valence-electron chi connectivity index (χ0n) is 28.0. The topological polar surface area (TPSA) is 104 Å². The molecular formula is C37H40FN6O4PSi. The van der Waals surface area contributed by atoms with E-state index in [-0.39, 0.29) is 23.9 Å². The largest absolute Gasteiger partial charge is 0.349 e. The van der Waals surface area contributed by atoms with Gasteiger partial charge in [-0.3, -0.25) is 9.36 Å². The molecule has 0 bridgehead atoms. The summed E-state index contributed by atoms with van der Waals surface area (Å²) in [6.45, 7) is 5.27. The Labute approximate surface area is 293 Å². The molecule has 5 heterocycles. The summed E-state index contributed by atoms with van der Waals surface area (Å²) in [5.74, 6) is -0.0839. The summed E-state index contributed by atoms with van der Waals surface area (Å²) in [6, 6.07) is 31.6. The number of alkyl halides is 1. The van der Waals surface area contributed by atoms with E-state index < -0.39 is 41.2 Å². The molecule has 3 aromatic carbocycles. The van der Waals surface area contributed by atoms with Gasteiger partial charge in [0.1, 0.15) is 20.5 Å². The molecule has 1 N–H and O–H groups in total. The Morgan fingerprint density at radius 3 is 2.34 bits per heavy atom. The maximum Gasteiger partial charge on any atom is 0.259 e. The fourth-order valence-corrected chi connectivity index (χ4v) is 13.6. The second-order valence-corrected chi connectivity index (χ2v) is 19.0. The lowest BCUT2D eigenvalue weighted by Gasteiger charge is -2.32. The van der Waals surface area contributed by atoms with Crippen LogP contribution in [0.25, 0.3) is 11.2 Å². The van der Waals surface area contributed by atoms with Gasteiger partial charge < -0.3 is 19.1 Å². The molecule has 3 saturated heterocycles. The molecular weight excluding hydrogens is 671 g/mol. The number of benzene rings is 3. The van der Waals surface area contributed by atoms with Gasteiger partial charge in [-0.05, 0) is 37.4 Å². The third-order valence-corrected chi connectivity index (χ3v) is 16.6. The first-order chi connectivity index (χ1) is 24.4. The number of nitrogens with zero attached hydrogens (tertiary/aromatic N) is 5. The molecule has 258 valence electrons. The summed E-state index contributed by atoms with van der Waals surface area (Å²) in [7, 11) is -3.68. The number of hydrogen-bond donors (Lipinski definition) is 1. The number of imidazole rings is 1. The van der Waals surface area contributed by atoms with Gasteiger partial charge in [-0.1, -0.05) is 103 Å². The van der Waals surface area contributed by atoms with Gasteiger partial charge in [-0.15, -0.1) is 0 Å². The van der Waals surface area contributed by atoms with Crippen LogP contribution in [0.3, 0.4) is 0 Å². The van der Waals surface area contributed by atoms with Gasteiger partial charge in [0.05, 0.1) is 18.5 Å². The molecule has 3 fully saturated rings. The fraction of sp³-hybridized carbons (Fsp3) is 0.351. The highest BCUT2D eigenvalue weighted by Gasteiger charge is 2.54. The zero-order chi connectivity index (χ0) is 34.2. The Kier molecular flexibility index (Phi) is 9.32. The summed E-state index contributed by atoms with van der Waals surface area (Å²) in [6.07, 6.45) is 1.61. The number of nitrogens with one attached hydrogen (secondary N) is 1. The normalized spacial score (nSPS) is 26.7. The average molecular weight is 711 g/mol.